The Balaban J connectivity index is 1.05. The molecule has 0 atom stereocenters. The summed E-state index contributed by atoms with van der Waals surface area (Å²) in [6.45, 7) is 0. The standard InChI is InChI=1S/C44H25N5O2/c1-2-9-26(10-3-1)41-46-42(27-16-19-32-31-12-5-7-15-37(31)50-38(32)23-27)48-43(47-41)28-17-20-33-34-21-18-29(25-40(34)51-39(33)24-28)49-36-14-6-4-11-30(36)35-13-8-22-45-44(35)49/h1-25H. The van der Waals surface area contributed by atoms with Crippen LogP contribution in [0.1, 0.15) is 0 Å². The van der Waals surface area contributed by atoms with Crippen LogP contribution in [-0.4, -0.2) is 24.5 Å². The summed E-state index contributed by atoms with van der Waals surface area (Å²) in [7, 11) is 0. The van der Waals surface area contributed by atoms with Crippen LogP contribution in [0.5, 0.6) is 0 Å². The Morgan fingerprint density at radius 3 is 1.69 bits per heavy atom. The second kappa shape index (κ2) is 10.7. The van der Waals surface area contributed by atoms with Gasteiger partial charge in [-0.3, -0.25) is 4.57 Å². The number of pyridine rings is 1. The van der Waals surface area contributed by atoms with Gasteiger partial charge < -0.3 is 8.83 Å². The van der Waals surface area contributed by atoms with Gasteiger partial charge in [0.2, 0.25) is 0 Å². The Hall–Kier alpha value is -7.12. The van der Waals surface area contributed by atoms with E-state index in [9.17, 15) is 0 Å². The fourth-order valence-electron chi connectivity index (χ4n) is 7.32. The largest absolute Gasteiger partial charge is 0.456 e. The van der Waals surface area contributed by atoms with Crippen molar-refractivity contribution < 1.29 is 8.83 Å². The molecule has 0 aliphatic rings. The summed E-state index contributed by atoms with van der Waals surface area (Å²) in [4.78, 5) is 19.7. The van der Waals surface area contributed by atoms with Gasteiger partial charge in [-0.15, -0.1) is 0 Å². The lowest BCUT2D eigenvalue weighted by molar-refractivity contribution is 0.668. The molecule has 0 aliphatic carbocycles. The number of nitrogens with zero attached hydrogens (tertiary/aromatic N) is 5. The number of aromatic nitrogens is 5. The molecule has 51 heavy (non-hydrogen) atoms. The summed E-state index contributed by atoms with van der Waals surface area (Å²) in [5.41, 5.74) is 8.78. The molecule has 0 amide bonds. The molecule has 0 saturated carbocycles. The van der Waals surface area contributed by atoms with Gasteiger partial charge in [-0.2, -0.15) is 0 Å². The molecule has 238 valence electrons. The van der Waals surface area contributed by atoms with Gasteiger partial charge in [-0.05, 0) is 60.7 Å². The Morgan fingerprint density at radius 2 is 0.941 bits per heavy atom. The minimum absolute atomic E-state index is 0.558. The molecule has 0 aliphatic heterocycles. The third-order valence-corrected chi connectivity index (χ3v) is 9.71. The number of furan rings is 2. The van der Waals surface area contributed by atoms with Gasteiger partial charge >= 0.3 is 0 Å². The highest BCUT2D eigenvalue weighted by Gasteiger charge is 2.18. The van der Waals surface area contributed by atoms with Crippen molar-refractivity contribution in [2.24, 2.45) is 0 Å². The van der Waals surface area contributed by atoms with Crippen LogP contribution in [0.25, 0.3) is 106 Å². The SMILES string of the molecule is c1ccc(-c2nc(-c3ccc4c(c3)oc3ccccc34)nc(-c3ccc4c(c3)oc3cc(-n5c6ccccc6c6cccnc65)ccc34)n2)cc1. The Bertz CT molecular complexity index is 3100. The van der Waals surface area contributed by atoms with E-state index in [0.29, 0.717) is 17.5 Å². The van der Waals surface area contributed by atoms with E-state index >= 15 is 0 Å². The third-order valence-electron chi connectivity index (χ3n) is 9.71. The lowest BCUT2D eigenvalue weighted by Gasteiger charge is -2.08. The monoisotopic (exact) mass is 655 g/mol. The lowest BCUT2D eigenvalue weighted by atomic mass is 10.1. The molecular formula is C44H25N5O2. The van der Waals surface area contributed by atoms with Crippen LogP contribution in [0.4, 0.5) is 0 Å². The predicted octanol–water partition coefficient (Wildman–Crippen LogP) is 11.2. The van der Waals surface area contributed by atoms with Crippen LogP contribution in [-0.2, 0) is 0 Å². The van der Waals surface area contributed by atoms with Crippen LogP contribution < -0.4 is 0 Å². The van der Waals surface area contributed by atoms with Crippen LogP contribution >= 0.6 is 0 Å². The number of hydrogen-bond acceptors (Lipinski definition) is 6. The molecule has 5 heterocycles. The third kappa shape index (κ3) is 4.31. The lowest BCUT2D eigenvalue weighted by Crippen LogP contribution is -2.00. The van der Waals surface area contributed by atoms with Gasteiger partial charge in [-0.1, -0.05) is 78.9 Å². The summed E-state index contributed by atoms with van der Waals surface area (Å²) < 4.78 is 15.0. The van der Waals surface area contributed by atoms with Gasteiger partial charge in [0.15, 0.2) is 17.5 Å². The first kappa shape index (κ1) is 27.8. The maximum atomic E-state index is 6.57. The van der Waals surface area contributed by atoms with Gasteiger partial charge in [-0.25, -0.2) is 19.9 Å². The molecule has 11 aromatic rings. The van der Waals surface area contributed by atoms with Crippen LogP contribution in [0.15, 0.2) is 161 Å². The first-order valence-corrected chi connectivity index (χ1v) is 16.8. The maximum absolute atomic E-state index is 6.57. The van der Waals surface area contributed by atoms with E-state index in [1.165, 1.54) is 5.39 Å². The molecule has 0 radical (unpaired) electrons. The molecule has 5 aromatic heterocycles. The van der Waals surface area contributed by atoms with E-state index in [1.807, 2.05) is 79.0 Å². The summed E-state index contributed by atoms with van der Waals surface area (Å²) in [5, 5.41) is 6.48. The van der Waals surface area contributed by atoms with Crippen LogP contribution in [0.2, 0.25) is 0 Å². The fourth-order valence-corrected chi connectivity index (χ4v) is 7.32. The molecule has 0 saturated heterocycles. The van der Waals surface area contributed by atoms with Crippen molar-refractivity contribution in [1.29, 1.82) is 0 Å². The van der Waals surface area contributed by atoms with Gasteiger partial charge in [0.25, 0.3) is 0 Å². The fraction of sp³-hybridized carbons (Fsp3) is 0. The molecule has 7 heteroatoms. The Labute approximate surface area is 290 Å². The topological polar surface area (TPSA) is 82.8 Å². The number of benzene rings is 6. The quantitative estimate of drug-likeness (QED) is 0.188. The molecule has 6 aromatic carbocycles. The van der Waals surface area contributed by atoms with E-state index in [1.54, 1.807) is 0 Å². The number of rotatable bonds is 4. The first-order chi connectivity index (χ1) is 25.2. The number of para-hydroxylation sites is 2. The average molecular weight is 656 g/mol. The summed E-state index contributed by atoms with van der Waals surface area (Å²) in [6, 6.07) is 49.2. The Kier molecular flexibility index (Phi) is 5.83. The normalized spacial score (nSPS) is 11.9. The smallest absolute Gasteiger partial charge is 0.164 e. The second-order valence-corrected chi connectivity index (χ2v) is 12.7. The van der Waals surface area contributed by atoms with E-state index in [2.05, 4.69) is 77.4 Å². The van der Waals surface area contributed by atoms with Gasteiger partial charge in [0.1, 0.15) is 28.0 Å². The van der Waals surface area contributed by atoms with Crippen molar-refractivity contribution in [1.82, 2.24) is 24.5 Å². The molecule has 0 unspecified atom stereocenters. The molecule has 11 rings (SSSR count). The van der Waals surface area contributed by atoms with Crippen molar-refractivity contribution in [2.45, 2.75) is 0 Å². The second-order valence-electron chi connectivity index (χ2n) is 12.7. The van der Waals surface area contributed by atoms with Crippen LogP contribution in [0.3, 0.4) is 0 Å². The maximum Gasteiger partial charge on any atom is 0.164 e. The molecule has 7 nitrogen and oxygen atoms in total. The Morgan fingerprint density at radius 1 is 0.392 bits per heavy atom. The van der Waals surface area contributed by atoms with Crippen molar-refractivity contribution in [3.8, 4) is 39.9 Å². The van der Waals surface area contributed by atoms with E-state index in [-0.39, 0.29) is 0 Å². The predicted molar refractivity (Wildman–Crippen MR) is 203 cm³/mol. The molecule has 0 spiro atoms. The van der Waals surface area contributed by atoms with E-state index < -0.39 is 0 Å². The molecule has 0 fully saturated rings. The number of fused-ring (bicyclic) bond motifs is 9. The van der Waals surface area contributed by atoms with E-state index in [4.69, 9.17) is 28.8 Å². The summed E-state index contributed by atoms with van der Waals surface area (Å²) in [6.07, 6.45) is 1.84. The van der Waals surface area contributed by atoms with Crippen molar-refractivity contribution in [2.75, 3.05) is 0 Å². The van der Waals surface area contributed by atoms with Crippen molar-refractivity contribution >= 4 is 65.8 Å². The van der Waals surface area contributed by atoms with Crippen molar-refractivity contribution in [3.05, 3.63) is 152 Å². The highest BCUT2D eigenvalue weighted by Crippen LogP contribution is 2.37. The zero-order chi connectivity index (χ0) is 33.5. The first-order valence-electron chi connectivity index (χ1n) is 16.8. The zero-order valence-electron chi connectivity index (χ0n) is 27.0. The summed E-state index contributed by atoms with van der Waals surface area (Å²) >= 11 is 0. The minimum atomic E-state index is 0.558. The zero-order valence-corrected chi connectivity index (χ0v) is 27.0. The van der Waals surface area contributed by atoms with Crippen LogP contribution in [0, 0.1) is 0 Å². The highest BCUT2D eigenvalue weighted by molar-refractivity contribution is 6.10. The average Bonchev–Trinajstić information content (AvgIpc) is 3.86. The number of hydrogen-bond donors (Lipinski definition) is 0. The van der Waals surface area contributed by atoms with Gasteiger partial charge in [0, 0.05) is 61.3 Å². The molecule has 0 bridgehead atoms. The van der Waals surface area contributed by atoms with E-state index in [0.717, 1.165) is 82.8 Å². The van der Waals surface area contributed by atoms with Crippen molar-refractivity contribution in [3.63, 3.8) is 0 Å². The minimum Gasteiger partial charge on any atom is -0.456 e. The van der Waals surface area contributed by atoms with Gasteiger partial charge in [0.05, 0.1) is 11.2 Å². The molecule has 0 N–H and O–H groups in total. The summed E-state index contributed by atoms with van der Waals surface area (Å²) in [5.74, 6) is 1.72. The highest BCUT2D eigenvalue weighted by atomic mass is 16.3. The molecular weight excluding hydrogens is 631 g/mol.